The van der Waals surface area contributed by atoms with E-state index in [0.717, 1.165) is 12.1 Å². The summed E-state index contributed by atoms with van der Waals surface area (Å²) in [5.74, 6) is -0.357. The first-order chi connectivity index (χ1) is 8.65. The number of methoxy groups -OCH3 is 1. The summed E-state index contributed by atoms with van der Waals surface area (Å²) < 4.78 is 4.77. The van der Waals surface area contributed by atoms with Crippen LogP contribution in [0.3, 0.4) is 0 Å². The number of esters is 1. The number of nitrogens with zero attached hydrogens (tertiary/aromatic N) is 2. The highest BCUT2D eigenvalue weighted by Gasteiger charge is 2.19. The molecule has 0 aliphatic carbocycles. The summed E-state index contributed by atoms with van der Waals surface area (Å²) in [5.41, 5.74) is 1.32. The zero-order valence-corrected chi connectivity index (χ0v) is 11.0. The molecule has 0 radical (unpaired) electrons. The second-order valence-electron chi connectivity index (χ2n) is 4.04. The van der Waals surface area contributed by atoms with Crippen molar-refractivity contribution in [3.05, 3.63) is 29.8 Å². The molecule has 96 valence electrons. The Labute approximate surface area is 108 Å². The Balaban J connectivity index is 3.08. The first-order valence-electron chi connectivity index (χ1n) is 5.92. The van der Waals surface area contributed by atoms with Crippen molar-refractivity contribution in [2.45, 2.75) is 25.8 Å². The van der Waals surface area contributed by atoms with Gasteiger partial charge in [-0.25, -0.2) is 4.79 Å². The molecule has 0 saturated carbocycles. The van der Waals surface area contributed by atoms with Crippen molar-refractivity contribution in [2.75, 3.05) is 19.1 Å². The van der Waals surface area contributed by atoms with Crippen LogP contribution < -0.4 is 4.90 Å². The van der Waals surface area contributed by atoms with Gasteiger partial charge in [-0.3, -0.25) is 0 Å². The molecule has 0 fully saturated rings. The van der Waals surface area contributed by atoms with Crippen LogP contribution in [-0.2, 0) is 4.74 Å². The summed E-state index contributed by atoms with van der Waals surface area (Å²) in [6, 6.07) is 9.55. The van der Waals surface area contributed by atoms with Gasteiger partial charge < -0.3 is 9.64 Å². The van der Waals surface area contributed by atoms with Gasteiger partial charge in [0.2, 0.25) is 0 Å². The van der Waals surface area contributed by atoms with Crippen LogP contribution in [0.2, 0.25) is 0 Å². The number of para-hydroxylation sites is 1. The Bertz CT molecular complexity index is 451. The maximum atomic E-state index is 11.7. The maximum absolute atomic E-state index is 11.7. The Hall–Kier alpha value is -2.02. The van der Waals surface area contributed by atoms with Crippen LogP contribution in [0.4, 0.5) is 5.69 Å². The Morgan fingerprint density at radius 3 is 2.72 bits per heavy atom. The minimum atomic E-state index is -0.357. The van der Waals surface area contributed by atoms with E-state index in [4.69, 9.17) is 10.00 Å². The quantitative estimate of drug-likeness (QED) is 0.749. The van der Waals surface area contributed by atoms with Gasteiger partial charge in [-0.05, 0) is 18.6 Å². The molecule has 1 rings (SSSR count). The van der Waals surface area contributed by atoms with Gasteiger partial charge in [0.15, 0.2) is 0 Å². The van der Waals surface area contributed by atoms with Gasteiger partial charge in [-0.2, -0.15) is 5.26 Å². The highest BCUT2D eigenvalue weighted by Crippen LogP contribution is 2.23. The van der Waals surface area contributed by atoms with Gasteiger partial charge in [0, 0.05) is 13.1 Å². The second kappa shape index (κ2) is 6.65. The molecule has 0 amide bonds. The SMILES string of the molecule is CCC(CC#N)N(C)c1ccccc1C(=O)OC. The van der Waals surface area contributed by atoms with Gasteiger partial charge >= 0.3 is 5.97 Å². The molecule has 0 heterocycles. The molecule has 0 saturated heterocycles. The minimum absolute atomic E-state index is 0.0980. The van der Waals surface area contributed by atoms with Crippen molar-refractivity contribution < 1.29 is 9.53 Å². The van der Waals surface area contributed by atoms with Crippen molar-refractivity contribution in [1.82, 2.24) is 0 Å². The molecule has 4 nitrogen and oxygen atoms in total. The first kappa shape index (κ1) is 14.0. The average molecular weight is 246 g/mol. The maximum Gasteiger partial charge on any atom is 0.339 e. The largest absolute Gasteiger partial charge is 0.465 e. The minimum Gasteiger partial charge on any atom is -0.465 e. The summed E-state index contributed by atoms with van der Waals surface area (Å²) in [6.07, 6.45) is 1.28. The average Bonchev–Trinajstić information content (AvgIpc) is 2.43. The summed E-state index contributed by atoms with van der Waals surface area (Å²) in [7, 11) is 3.26. The van der Waals surface area contributed by atoms with Crippen molar-refractivity contribution in [2.24, 2.45) is 0 Å². The second-order valence-corrected chi connectivity index (χ2v) is 4.04. The first-order valence-corrected chi connectivity index (χ1v) is 5.92. The summed E-state index contributed by atoms with van der Waals surface area (Å²) >= 11 is 0. The fourth-order valence-corrected chi connectivity index (χ4v) is 1.92. The Morgan fingerprint density at radius 2 is 2.17 bits per heavy atom. The van der Waals surface area contributed by atoms with E-state index in [1.54, 1.807) is 12.1 Å². The molecular formula is C14H18N2O2. The number of anilines is 1. The Morgan fingerprint density at radius 1 is 1.50 bits per heavy atom. The molecule has 0 aromatic heterocycles. The van der Waals surface area contributed by atoms with Crippen LogP contribution in [0.15, 0.2) is 24.3 Å². The van der Waals surface area contributed by atoms with Crippen LogP contribution in [-0.4, -0.2) is 26.2 Å². The fourth-order valence-electron chi connectivity index (χ4n) is 1.92. The monoisotopic (exact) mass is 246 g/mol. The number of ether oxygens (including phenoxy) is 1. The number of hydrogen-bond acceptors (Lipinski definition) is 4. The van der Waals surface area contributed by atoms with Gasteiger partial charge in [0.25, 0.3) is 0 Å². The van der Waals surface area contributed by atoms with E-state index < -0.39 is 0 Å². The third kappa shape index (κ3) is 3.01. The lowest BCUT2D eigenvalue weighted by Crippen LogP contribution is -2.32. The molecule has 0 aliphatic rings. The van der Waals surface area contributed by atoms with Crippen molar-refractivity contribution in [3.63, 3.8) is 0 Å². The third-order valence-electron chi connectivity index (χ3n) is 3.04. The molecule has 18 heavy (non-hydrogen) atoms. The molecule has 0 aliphatic heterocycles. The van der Waals surface area contributed by atoms with Gasteiger partial charge in [0.1, 0.15) is 0 Å². The number of rotatable bonds is 5. The van der Waals surface area contributed by atoms with Crippen molar-refractivity contribution >= 4 is 11.7 Å². The van der Waals surface area contributed by atoms with Crippen LogP contribution in [0.5, 0.6) is 0 Å². The van der Waals surface area contributed by atoms with Crippen LogP contribution in [0.25, 0.3) is 0 Å². The zero-order chi connectivity index (χ0) is 13.5. The highest BCUT2D eigenvalue weighted by atomic mass is 16.5. The van der Waals surface area contributed by atoms with E-state index in [2.05, 4.69) is 6.07 Å². The van der Waals surface area contributed by atoms with Gasteiger partial charge in [-0.1, -0.05) is 19.1 Å². The highest BCUT2D eigenvalue weighted by molar-refractivity contribution is 5.95. The molecule has 0 spiro atoms. The fraction of sp³-hybridized carbons (Fsp3) is 0.429. The summed E-state index contributed by atoms with van der Waals surface area (Å²) in [6.45, 7) is 2.03. The van der Waals surface area contributed by atoms with Crippen LogP contribution in [0.1, 0.15) is 30.1 Å². The molecule has 1 aromatic carbocycles. The predicted octanol–water partition coefficient (Wildman–Crippen LogP) is 2.60. The third-order valence-corrected chi connectivity index (χ3v) is 3.04. The molecule has 0 bridgehead atoms. The molecule has 4 heteroatoms. The molecule has 1 aromatic rings. The summed E-state index contributed by atoms with van der Waals surface area (Å²) in [5, 5.41) is 8.82. The number of carbonyl (C=O) groups excluding carboxylic acids is 1. The summed E-state index contributed by atoms with van der Waals surface area (Å²) in [4.78, 5) is 13.7. The van der Waals surface area contributed by atoms with Gasteiger partial charge in [-0.15, -0.1) is 0 Å². The van der Waals surface area contributed by atoms with E-state index in [0.29, 0.717) is 12.0 Å². The predicted molar refractivity (Wildman–Crippen MR) is 70.5 cm³/mol. The van der Waals surface area contributed by atoms with E-state index in [9.17, 15) is 4.79 Å². The lowest BCUT2D eigenvalue weighted by Gasteiger charge is -2.28. The number of carbonyl (C=O) groups is 1. The number of benzene rings is 1. The lowest BCUT2D eigenvalue weighted by atomic mass is 10.1. The van der Waals surface area contributed by atoms with Crippen molar-refractivity contribution in [1.29, 1.82) is 5.26 Å². The van der Waals surface area contributed by atoms with E-state index in [-0.39, 0.29) is 12.0 Å². The zero-order valence-electron chi connectivity index (χ0n) is 11.0. The lowest BCUT2D eigenvalue weighted by molar-refractivity contribution is 0.0601. The van der Waals surface area contributed by atoms with E-state index >= 15 is 0 Å². The standard InChI is InChI=1S/C14H18N2O2/c1-4-11(9-10-15)16(2)13-8-6-5-7-12(13)14(17)18-3/h5-8,11H,4,9H2,1-3H3. The van der Waals surface area contributed by atoms with Crippen LogP contribution >= 0.6 is 0 Å². The van der Waals surface area contributed by atoms with E-state index in [1.807, 2.05) is 31.0 Å². The van der Waals surface area contributed by atoms with Gasteiger partial charge in [0.05, 0.1) is 30.9 Å². The molecule has 0 N–H and O–H groups in total. The molecule has 1 unspecified atom stereocenters. The smallest absolute Gasteiger partial charge is 0.339 e. The Kier molecular flexibility index (Phi) is 5.19. The molecular weight excluding hydrogens is 228 g/mol. The van der Waals surface area contributed by atoms with E-state index in [1.165, 1.54) is 7.11 Å². The van der Waals surface area contributed by atoms with Crippen molar-refractivity contribution in [3.8, 4) is 6.07 Å². The topological polar surface area (TPSA) is 53.3 Å². The molecule has 1 atom stereocenters. The number of nitriles is 1. The van der Waals surface area contributed by atoms with Crippen LogP contribution in [0, 0.1) is 11.3 Å². The number of hydrogen-bond donors (Lipinski definition) is 0. The normalized spacial score (nSPS) is 11.4.